The molecule has 1 N–H and O–H groups in total. The summed E-state index contributed by atoms with van der Waals surface area (Å²) in [5.74, 6) is -0.111. The van der Waals surface area contributed by atoms with Crippen LogP contribution in [0.3, 0.4) is 0 Å². The molecule has 1 atom stereocenters. The van der Waals surface area contributed by atoms with E-state index in [-0.39, 0.29) is 0 Å². The number of hydrogen-bond donors (Lipinski definition) is 1. The highest BCUT2D eigenvalue weighted by molar-refractivity contribution is 5.70. The van der Waals surface area contributed by atoms with Crippen molar-refractivity contribution >= 4 is 5.97 Å². The van der Waals surface area contributed by atoms with E-state index < -0.39 is 11.9 Å². The maximum Gasteiger partial charge on any atom is 0.306 e. The molecule has 5 nitrogen and oxygen atoms in total. The lowest BCUT2D eigenvalue weighted by molar-refractivity contribution is -0.141. The molecule has 0 bridgehead atoms. The third-order valence-electron chi connectivity index (χ3n) is 3.09. The van der Waals surface area contributed by atoms with Crippen LogP contribution in [0.5, 0.6) is 0 Å². The van der Waals surface area contributed by atoms with Crippen LogP contribution in [0.2, 0.25) is 0 Å². The summed E-state index contributed by atoms with van der Waals surface area (Å²) >= 11 is 0. The molecule has 0 aliphatic heterocycles. The molecule has 0 radical (unpaired) electrons. The van der Waals surface area contributed by atoms with Gasteiger partial charge in [-0.3, -0.25) is 4.79 Å². The van der Waals surface area contributed by atoms with Crippen molar-refractivity contribution in [3.8, 4) is 11.6 Å². The van der Waals surface area contributed by atoms with Crippen LogP contribution < -0.4 is 0 Å². The highest BCUT2D eigenvalue weighted by atomic mass is 16.4. The monoisotopic (exact) mass is 260 g/mol. The number of nitrogens with zero attached hydrogens (tertiary/aromatic N) is 2. The molecule has 0 aromatic carbocycles. The van der Waals surface area contributed by atoms with Crippen molar-refractivity contribution in [2.45, 2.75) is 27.2 Å². The number of furan rings is 1. The molecule has 2 aromatic rings. The van der Waals surface area contributed by atoms with E-state index in [0.717, 1.165) is 17.0 Å². The first-order valence-electron chi connectivity index (χ1n) is 6.10. The van der Waals surface area contributed by atoms with Crippen LogP contribution in [0.25, 0.3) is 11.6 Å². The Balaban J connectivity index is 2.35. The van der Waals surface area contributed by atoms with E-state index in [4.69, 9.17) is 9.52 Å². The van der Waals surface area contributed by atoms with E-state index in [1.165, 1.54) is 0 Å². The second kappa shape index (κ2) is 5.22. The van der Waals surface area contributed by atoms with Crippen molar-refractivity contribution in [1.82, 2.24) is 9.97 Å². The van der Waals surface area contributed by atoms with Gasteiger partial charge in [0.15, 0.2) is 11.6 Å². The highest BCUT2D eigenvalue weighted by Crippen LogP contribution is 2.21. The van der Waals surface area contributed by atoms with Crippen LogP contribution in [0.4, 0.5) is 0 Å². The van der Waals surface area contributed by atoms with Gasteiger partial charge in [0.1, 0.15) is 0 Å². The van der Waals surface area contributed by atoms with Gasteiger partial charge in [0, 0.05) is 11.4 Å². The Morgan fingerprint density at radius 1 is 1.37 bits per heavy atom. The SMILES string of the molecule is Cc1nc(-c2ccco2)nc(C)c1CC(C)C(=O)O. The van der Waals surface area contributed by atoms with Crippen LogP contribution in [0.15, 0.2) is 22.8 Å². The van der Waals surface area contributed by atoms with Crippen molar-refractivity contribution < 1.29 is 14.3 Å². The number of carboxylic acids is 1. The number of carbonyl (C=O) groups is 1. The third-order valence-corrected chi connectivity index (χ3v) is 3.09. The fourth-order valence-electron chi connectivity index (χ4n) is 1.94. The van der Waals surface area contributed by atoms with Crippen LogP contribution in [-0.4, -0.2) is 21.0 Å². The molecule has 2 heterocycles. The summed E-state index contributed by atoms with van der Waals surface area (Å²) in [6, 6.07) is 3.58. The van der Waals surface area contributed by atoms with Crippen LogP contribution in [0, 0.1) is 19.8 Å². The van der Waals surface area contributed by atoms with Gasteiger partial charge in [-0.2, -0.15) is 0 Å². The van der Waals surface area contributed by atoms with Gasteiger partial charge >= 0.3 is 5.97 Å². The number of aromatic nitrogens is 2. The van der Waals surface area contributed by atoms with Gasteiger partial charge in [0.25, 0.3) is 0 Å². The fraction of sp³-hybridized carbons (Fsp3) is 0.357. The average molecular weight is 260 g/mol. The molecule has 0 fully saturated rings. The van der Waals surface area contributed by atoms with Crippen molar-refractivity contribution in [2.75, 3.05) is 0 Å². The van der Waals surface area contributed by atoms with Gasteiger partial charge in [-0.25, -0.2) is 9.97 Å². The highest BCUT2D eigenvalue weighted by Gasteiger charge is 2.17. The molecular formula is C14H16N2O3. The summed E-state index contributed by atoms with van der Waals surface area (Å²) < 4.78 is 5.27. The molecule has 100 valence electrons. The Morgan fingerprint density at radius 3 is 2.47 bits per heavy atom. The lowest BCUT2D eigenvalue weighted by atomic mass is 9.99. The largest absolute Gasteiger partial charge is 0.481 e. The van der Waals surface area contributed by atoms with Crippen LogP contribution in [-0.2, 0) is 11.2 Å². The second-order valence-corrected chi connectivity index (χ2v) is 4.62. The zero-order valence-corrected chi connectivity index (χ0v) is 11.2. The maximum absolute atomic E-state index is 10.9. The van der Waals surface area contributed by atoms with Crippen molar-refractivity contribution in [2.24, 2.45) is 5.92 Å². The van der Waals surface area contributed by atoms with E-state index in [1.54, 1.807) is 25.3 Å². The molecule has 2 rings (SSSR count). The van der Waals surface area contributed by atoms with Crippen LogP contribution >= 0.6 is 0 Å². The Kier molecular flexibility index (Phi) is 3.64. The molecule has 0 aliphatic rings. The lowest BCUT2D eigenvalue weighted by Crippen LogP contribution is -2.15. The number of hydrogen-bond acceptors (Lipinski definition) is 4. The summed E-state index contributed by atoms with van der Waals surface area (Å²) in [4.78, 5) is 19.7. The quantitative estimate of drug-likeness (QED) is 0.914. The minimum absolute atomic E-state index is 0.436. The molecular weight excluding hydrogens is 244 g/mol. The third kappa shape index (κ3) is 2.81. The van der Waals surface area contributed by atoms with E-state index in [0.29, 0.717) is 18.0 Å². The first kappa shape index (κ1) is 13.3. The van der Waals surface area contributed by atoms with Gasteiger partial charge in [-0.15, -0.1) is 0 Å². The standard InChI is InChI=1S/C14H16N2O3/c1-8(14(17)18)7-11-9(2)15-13(16-10(11)3)12-5-4-6-19-12/h4-6,8H,7H2,1-3H3,(H,17,18). The minimum Gasteiger partial charge on any atom is -0.481 e. The number of carboxylic acid groups (broad SMARTS) is 1. The topological polar surface area (TPSA) is 76.2 Å². The van der Waals surface area contributed by atoms with Crippen molar-refractivity contribution in [3.63, 3.8) is 0 Å². The summed E-state index contributed by atoms with van der Waals surface area (Å²) in [7, 11) is 0. The summed E-state index contributed by atoms with van der Waals surface area (Å²) in [6.07, 6.45) is 2.01. The van der Waals surface area contributed by atoms with E-state index >= 15 is 0 Å². The lowest BCUT2D eigenvalue weighted by Gasteiger charge is -2.12. The minimum atomic E-state index is -0.811. The van der Waals surface area contributed by atoms with Crippen LogP contribution in [0.1, 0.15) is 23.9 Å². The molecule has 1 unspecified atom stereocenters. The van der Waals surface area contributed by atoms with Gasteiger partial charge < -0.3 is 9.52 Å². The molecule has 0 spiro atoms. The summed E-state index contributed by atoms with van der Waals surface area (Å²) in [6.45, 7) is 5.41. The fourth-order valence-corrected chi connectivity index (χ4v) is 1.94. The number of aliphatic carboxylic acids is 1. The average Bonchev–Trinajstić information content (AvgIpc) is 2.86. The van der Waals surface area contributed by atoms with Crippen molar-refractivity contribution in [1.29, 1.82) is 0 Å². The number of aryl methyl sites for hydroxylation is 2. The molecule has 0 saturated heterocycles. The summed E-state index contributed by atoms with van der Waals surface area (Å²) in [5.41, 5.74) is 2.49. The Hall–Kier alpha value is -2.17. The first-order chi connectivity index (χ1) is 8.99. The Labute approximate surface area is 111 Å². The molecule has 19 heavy (non-hydrogen) atoms. The predicted molar refractivity (Wildman–Crippen MR) is 69.7 cm³/mol. The van der Waals surface area contributed by atoms with Gasteiger partial charge in [0.05, 0.1) is 12.2 Å². The molecule has 0 amide bonds. The van der Waals surface area contributed by atoms with Crippen molar-refractivity contribution in [3.05, 3.63) is 35.3 Å². The zero-order chi connectivity index (χ0) is 14.0. The van der Waals surface area contributed by atoms with Gasteiger partial charge in [-0.1, -0.05) is 6.92 Å². The first-order valence-corrected chi connectivity index (χ1v) is 6.10. The normalized spacial score (nSPS) is 12.4. The molecule has 2 aromatic heterocycles. The Morgan fingerprint density at radius 2 is 2.00 bits per heavy atom. The van der Waals surface area contributed by atoms with Gasteiger partial charge in [0.2, 0.25) is 0 Å². The predicted octanol–water partition coefficient (Wildman–Crippen LogP) is 2.62. The molecule has 0 aliphatic carbocycles. The van der Waals surface area contributed by atoms with E-state index in [2.05, 4.69) is 9.97 Å². The summed E-state index contributed by atoms with van der Waals surface area (Å²) in [5, 5.41) is 8.97. The van der Waals surface area contributed by atoms with E-state index in [1.807, 2.05) is 13.8 Å². The van der Waals surface area contributed by atoms with Gasteiger partial charge in [-0.05, 0) is 38.0 Å². The Bertz CT molecular complexity index is 568. The molecule has 0 saturated carbocycles. The van der Waals surface area contributed by atoms with E-state index in [9.17, 15) is 4.79 Å². The second-order valence-electron chi connectivity index (χ2n) is 4.62. The molecule has 5 heteroatoms. The smallest absolute Gasteiger partial charge is 0.306 e. The number of rotatable bonds is 4. The zero-order valence-electron chi connectivity index (χ0n) is 11.2. The maximum atomic E-state index is 10.9.